The van der Waals surface area contributed by atoms with Crippen LogP contribution in [0.3, 0.4) is 0 Å². The number of ketones is 1. The van der Waals surface area contributed by atoms with Gasteiger partial charge < -0.3 is 29.7 Å². The largest absolute Gasteiger partial charge is 2.00 e. The van der Waals surface area contributed by atoms with Gasteiger partial charge in [-0.2, -0.15) is 11.4 Å². The molecule has 6 rings (SSSR count). The molecule has 0 radical (unpaired) electrons. The predicted octanol–water partition coefficient (Wildman–Crippen LogP) is 6.75. The number of allylic oxidation sites excluding steroid dienone is 3. The Morgan fingerprint density at radius 3 is 2.35 bits per heavy atom. The van der Waals surface area contributed by atoms with Gasteiger partial charge in [0.15, 0.2) is 5.78 Å². The first-order valence-corrected chi connectivity index (χ1v) is 19.2. The monoisotopic (exact) mass is 752 g/mol. The second kappa shape index (κ2) is 17.2. The molecule has 0 saturated carbocycles. The molecular formula is C45H52MgN4O5-2. The molecule has 8 bridgehead atoms. The van der Waals surface area contributed by atoms with Gasteiger partial charge in [-0.1, -0.05) is 98.4 Å². The van der Waals surface area contributed by atoms with E-state index >= 15 is 0 Å². The SMILES string of the molecule is C=Cc1c2[n-]c(c1C)/C=C1\[N-]/C(=C3\c4[n-]c(c(C)c4C(=O)[C@@H]3C(=O)OC)/C=c3\[n-]/c(c(C)c3CC)=C/2)[C@@H](CCC(=O)OC/C=C(\C)CCCC(C)C)[C@@H]1C.[Mg+2]. The minimum Gasteiger partial charge on any atom is -0.664 e. The molecule has 3 atom stereocenters. The van der Waals surface area contributed by atoms with Crippen molar-refractivity contribution in [2.75, 3.05) is 13.7 Å². The molecule has 1 fully saturated rings. The maximum absolute atomic E-state index is 14.3. The Hall–Kier alpha value is -4.28. The predicted molar refractivity (Wildman–Crippen MR) is 218 cm³/mol. The zero-order valence-electron chi connectivity index (χ0n) is 33.9. The third-order valence-electron chi connectivity index (χ3n) is 11.4. The average molecular weight is 753 g/mol. The van der Waals surface area contributed by atoms with Crippen LogP contribution >= 0.6 is 0 Å². The van der Waals surface area contributed by atoms with Crippen LogP contribution in [-0.2, 0) is 25.5 Å². The second-order valence-electron chi connectivity index (χ2n) is 15.4. The van der Waals surface area contributed by atoms with Crippen molar-refractivity contribution in [3.05, 3.63) is 102 Å². The molecule has 55 heavy (non-hydrogen) atoms. The van der Waals surface area contributed by atoms with E-state index < -0.39 is 11.9 Å². The number of esters is 2. The Bertz CT molecular complexity index is 2240. The zero-order chi connectivity index (χ0) is 39.0. The van der Waals surface area contributed by atoms with E-state index in [4.69, 9.17) is 29.7 Å². The fraction of sp³-hybridized carbons (Fsp3) is 0.444. The molecule has 1 aliphatic carbocycles. The summed E-state index contributed by atoms with van der Waals surface area (Å²) in [5.41, 5.74) is 10.6. The van der Waals surface area contributed by atoms with Gasteiger partial charge in [0.2, 0.25) is 0 Å². The average Bonchev–Trinajstić information content (AvgIpc) is 3.87. The first-order chi connectivity index (χ1) is 25.8. The van der Waals surface area contributed by atoms with E-state index in [-0.39, 0.29) is 59.7 Å². The summed E-state index contributed by atoms with van der Waals surface area (Å²) >= 11 is 0. The minimum atomic E-state index is -1.22. The van der Waals surface area contributed by atoms with Gasteiger partial charge in [0, 0.05) is 12.0 Å². The number of fused-ring (bicyclic) bond motifs is 7. The smallest absolute Gasteiger partial charge is 0.664 e. The number of rotatable bonds is 12. The summed E-state index contributed by atoms with van der Waals surface area (Å²) in [4.78, 5) is 56.1. The summed E-state index contributed by atoms with van der Waals surface area (Å²) in [6.45, 7) is 20.9. The van der Waals surface area contributed by atoms with Crippen molar-refractivity contribution < 1.29 is 23.9 Å². The number of ether oxygens (including phenoxy) is 2. The minimum absolute atomic E-state index is 0. The number of aromatic nitrogens is 3. The summed E-state index contributed by atoms with van der Waals surface area (Å²) < 4.78 is 10.9. The fourth-order valence-electron chi connectivity index (χ4n) is 8.16. The van der Waals surface area contributed by atoms with Crippen LogP contribution in [0.2, 0.25) is 0 Å². The Morgan fingerprint density at radius 1 is 0.964 bits per heavy atom. The van der Waals surface area contributed by atoms with Crippen LogP contribution in [0.1, 0.15) is 128 Å². The van der Waals surface area contributed by atoms with Crippen LogP contribution in [0.15, 0.2) is 29.6 Å². The molecule has 0 amide bonds. The van der Waals surface area contributed by atoms with E-state index in [0.29, 0.717) is 46.1 Å². The van der Waals surface area contributed by atoms with Gasteiger partial charge >= 0.3 is 35.0 Å². The van der Waals surface area contributed by atoms with Crippen LogP contribution in [0, 0.1) is 44.4 Å². The molecule has 10 heteroatoms. The number of hydrogen-bond donors (Lipinski definition) is 0. The van der Waals surface area contributed by atoms with Gasteiger partial charge in [-0.05, 0) is 82.8 Å². The molecule has 5 heterocycles. The number of hydrogen-bond acceptors (Lipinski definition) is 5. The van der Waals surface area contributed by atoms with E-state index in [0.717, 1.165) is 75.7 Å². The first-order valence-electron chi connectivity index (χ1n) is 19.2. The van der Waals surface area contributed by atoms with E-state index in [1.165, 1.54) is 12.7 Å². The van der Waals surface area contributed by atoms with Gasteiger partial charge in [0.1, 0.15) is 12.5 Å². The quantitative estimate of drug-likeness (QED) is 0.0861. The number of Topliss-reactive ketones (excluding diaryl/α,β-unsaturated/α-hetero) is 1. The molecule has 2 aliphatic heterocycles. The van der Waals surface area contributed by atoms with Crippen LogP contribution in [0.25, 0.3) is 35.2 Å². The molecular weight excluding hydrogens is 701 g/mol. The molecule has 0 N–H and O–H groups in total. The maximum atomic E-state index is 14.3. The molecule has 0 unspecified atom stereocenters. The first kappa shape index (κ1) is 41.9. The van der Waals surface area contributed by atoms with E-state index in [9.17, 15) is 14.4 Å². The summed E-state index contributed by atoms with van der Waals surface area (Å²) in [7, 11) is 1.29. The van der Waals surface area contributed by atoms with Crippen molar-refractivity contribution in [3.63, 3.8) is 0 Å². The van der Waals surface area contributed by atoms with Crippen molar-refractivity contribution in [1.82, 2.24) is 15.0 Å². The van der Waals surface area contributed by atoms with Crippen LogP contribution < -0.4 is 25.7 Å². The number of carbonyl (C=O) groups is 3. The van der Waals surface area contributed by atoms with Gasteiger partial charge in [0.05, 0.1) is 7.11 Å². The molecule has 0 aromatic carbocycles. The number of methoxy groups -OCH3 is 1. The third-order valence-corrected chi connectivity index (χ3v) is 11.4. The zero-order valence-corrected chi connectivity index (χ0v) is 35.3. The molecule has 3 aromatic heterocycles. The summed E-state index contributed by atoms with van der Waals surface area (Å²) in [6, 6.07) is 0. The Morgan fingerprint density at radius 2 is 1.67 bits per heavy atom. The normalized spacial score (nSPS) is 22.2. The summed E-state index contributed by atoms with van der Waals surface area (Å²) in [6.07, 6.45) is 14.3. The van der Waals surface area contributed by atoms with Crippen LogP contribution in [0.4, 0.5) is 0 Å². The van der Waals surface area contributed by atoms with E-state index in [1.807, 2.05) is 44.2 Å². The van der Waals surface area contributed by atoms with Gasteiger partial charge in [-0.25, -0.2) is 0 Å². The summed E-state index contributed by atoms with van der Waals surface area (Å²) in [5, 5.41) is 6.79. The van der Waals surface area contributed by atoms with Crippen molar-refractivity contribution in [2.45, 2.75) is 93.9 Å². The van der Waals surface area contributed by atoms with E-state index in [1.54, 1.807) is 0 Å². The third kappa shape index (κ3) is 8.03. The van der Waals surface area contributed by atoms with Gasteiger partial charge in [-0.3, -0.25) is 14.4 Å². The molecule has 1 saturated heterocycles. The van der Waals surface area contributed by atoms with Crippen LogP contribution in [-0.4, -0.2) is 54.5 Å². The number of carbonyl (C=O) groups excluding carboxylic acids is 3. The summed E-state index contributed by atoms with van der Waals surface area (Å²) in [5.74, 6) is -2.38. The number of nitrogens with zero attached hydrogens (tertiary/aromatic N) is 4. The molecule has 286 valence electrons. The Balaban J connectivity index is 0.00000580. The van der Waals surface area contributed by atoms with Crippen molar-refractivity contribution >= 4 is 70.7 Å². The fourth-order valence-corrected chi connectivity index (χ4v) is 8.16. The molecule has 3 aliphatic rings. The molecule has 0 spiro atoms. The van der Waals surface area contributed by atoms with Gasteiger partial charge in [0.25, 0.3) is 0 Å². The topological polar surface area (TPSA) is 126 Å². The van der Waals surface area contributed by atoms with E-state index in [2.05, 4.69) is 48.1 Å². The van der Waals surface area contributed by atoms with Crippen molar-refractivity contribution in [3.8, 4) is 0 Å². The maximum Gasteiger partial charge on any atom is 2.00 e. The second-order valence-corrected chi connectivity index (χ2v) is 15.4. The van der Waals surface area contributed by atoms with Crippen LogP contribution in [0.5, 0.6) is 0 Å². The molecule has 3 aromatic rings. The van der Waals surface area contributed by atoms with Crippen molar-refractivity contribution in [1.29, 1.82) is 0 Å². The standard InChI is InChI=1S/C45H53N4O5.Mg/c1-11-29-25(6)32-20-34-27(8)31(16-17-38(50)54-19-18-24(5)15-13-14-23(3)4)42(48-34)40-41(45(52)53-10)44(51)39-28(9)35(49-43(39)40)22-37-30(12-2)26(7)33(47-37)21-36(29)46-32;/h11,18,20-23,27,31,41H,1,12-17,19H2,2-10H3,(H-,48,49,51);/q-3;+2/p-1/b24-18+,33-21+,34-20-,37-22-;/t27-,31-,41+;/m0./s1. The molecule has 9 nitrogen and oxygen atoms in total. The Labute approximate surface area is 341 Å². The van der Waals surface area contributed by atoms with Gasteiger partial charge in [-0.15, -0.1) is 33.5 Å². The Kier molecular flexibility index (Phi) is 13.1. The van der Waals surface area contributed by atoms with Crippen molar-refractivity contribution in [2.24, 2.45) is 23.7 Å².